The van der Waals surface area contributed by atoms with Gasteiger partial charge in [-0.15, -0.1) is 0 Å². The van der Waals surface area contributed by atoms with E-state index in [1.165, 1.54) is 5.56 Å². The summed E-state index contributed by atoms with van der Waals surface area (Å²) in [6, 6.07) is 13.0. The Morgan fingerprint density at radius 1 is 1.04 bits per heavy atom. The van der Waals surface area contributed by atoms with Gasteiger partial charge in [0, 0.05) is 5.56 Å². The number of anilines is 1. The van der Waals surface area contributed by atoms with Crippen LogP contribution in [0.15, 0.2) is 47.1 Å². The molecule has 0 saturated carbocycles. The lowest BCUT2D eigenvalue weighted by Crippen LogP contribution is -2.20. The summed E-state index contributed by atoms with van der Waals surface area (Å²) in [5.74, 6) is 1.28. The second-order valence-electron chi connectivity index (χ2n) is 6.74. The van der Waals surface area contributed by atoms with Crippen molar-refractivity contribution in [3.8, 4) is 22.8 Å². The van der Waals surface area contributed by atoms with Crippen LogP contribution < -0.4 is 14.8 Å². The van der Waals surface area contributed by atoms with Crippen molar-refractivity contribution in [2.75, 3.05) is 11.9 Å². The molecule has 0 radical (unpaired) electrons. The van der Waals surface area contributed by atoms with Crippen molar-refractivity contribution in [1.29, 1.82) is 0 Å². The highest BCUT2D eigenvalue weighted by Gasteiger charge is 2.16. The SMILES string of the molecule is Cc1ccc(OCC(=O)Nc2nonc2-c2ccc(OC(C)C)cc2)cc1C. The predicted molar refractivity (Wildman–Crippen MR) is 106 cm³/mol. The number of rotatable bonds is 7. The molecule has 0 aliphatic heterocycles. The Morgan fingerprint density at radius 3 is 2.43 bits per heavy atom. The van der Waals surface area contributed by atoms with Gasteiger partial charge in [0.1, 0.15) is 11.5 Å². The molecule has 1 aromatic heterocycles. The Hall–Kier alpha value is -3.35. The quantitative estimate of drug-likeness (QED) is 0.661. The minimum absolute atomic E-state index is 0.0896. The summed E-state index contributed by atoms with van der Waals surface area (Å²) >= 11 is 0. The van der Waals surface area contributed by atoms with Gasteiger partial charge in [-0.25, -0.2) is 4.63 Å². The van der Waals surface area contributed by atoms with Gasteiger partial charge in [0.2, 0.25) is 5.82 Å². The largest absolute Gasteiger partial charge is 0.491 e. The van der Waals surface area contributed by atoms with Gasteiger partial charge in [0.15, 0.2) is 12.3 Å². The van der Waals surface area contributed by atoms with Crippen LogP contribution in [0.5, 0.6) is 11.5 Å². The highest BCUT2D eigenvalue weighted by molar-refractivity contribution is 5.94. The summed E-state index contributed by atoms with van der Waals surface area (Å²) in [5, 5.41) is 10.3. The molecule has 28 heavy (non-hydrogen) atoms. The number of carbonyl (C=O) groups is 1. The molecule has 1 amide bonds. The predicted octanol–water partition coefficient (Wildman–Crippen LogP) is 4.16. The van der Waals surface area contributed by atoms with Crippen LogP contribution in [0.2, 0.25) is 0 Å². The fourth-order valence-electron chi connectivity index (χ4n) is 2.54. The van der Waals surface area contributed by atoms with Gasteiger partial charge < -0.3 is 14.8 Å². The molecule has 0 fully saturated rings. The number of benzene rings is 2. The average molecular weight is 381 g/mol. The maximum Gasteiger partial charge on any atom is 0.263 e. The number of hydrogen-bond acceptors (Lipinski definition) is 6. The van der Waals surface area contributed by atoms with Gasteiger partial charge in [-0.1, -0.05) is 6.07 Å². The summed E-state index contributed by atoms with van der Waals surface area (Å²) in [4.78, 5) is 12.2. The molecule has 0 atom stereocenters. The van der Waals surface area contributed by atoms with Crippen LogP contribution in [-0.4, -0.2) is 28.9 Å². The Kier molecular flexibility index (Phi) is 5.93. The number of amides is 1. The van der Waals surface area contributed by atoms with Crippen molar-refractivity contribution in [1.82, 2.24) is 10.3 Å². The van der Waals surface area contributed by atoms with E-state index in [9.17, 15) is 4.79 Å². The van der Waals surface area contributed by atoms with Crippen molar-refractivity contribution in [3.05, 3.63) is 53.6 Å². The number of nitrogens with zero attached hydrogens (tertiary/aromatic N) is 2. The third kappa shape index (κ3) is 4.88. The van der Waals surface area contributed by atoms with E-state index in [4.69, 9.17) is 14.1 Å². The van der Waals surface area contributed by atoms with E-state index < -0.39 is 0 Å². The van der Waals surface area contributed by atoms with E-state index in [1.54, 1.807) is 0 Å². The van der Waals surface area contributed by atoms with Crippen LogP contribution in [0, 0.1) is 13.8 Å². The lowest BCUT2D eigenvalue weighted by molar-refractivity contribution is -0.118. The van der Waals surface area contributed by atoms with E-state index in [-0.39, 0.29) is 24.4 Å². The fourth-order valence-corrected chi connectivity index (χ4v) is 2.54. The molecule has 7 heteroatoms. The minimum Gasteiger partial charge on any atom is -0.491 e. The first kappa shape index (κ1) is 19.4. The van der Waals surface area contributed by atoms with Crippen molar-refractivity contribution < 1.29 is 18.9 Å². The van der Waals surface area contributed by atoms with Gasteiger partial charge in [-0.2, -0.15) is 0 Å². The summed E-state index contributed by atoms with van der Waals surface area (Å²) in [5.41, 5.74) is 3.46. The van der Waals surface area contributed by atoms with Crippen molar-refractivity contribution in [3.63, 3.8) is 0 Å². The third-order valence-electron chi connectivity index (χ3n) is 4.09. The highest BCUT2D eigenvalue weighted by Crippen LogP contribution is 2.26. The molecule has 0 saturated heterocycles. The summed E-state index contributed by atoms with van der Waals surface area (Å²) < 4.78 is 16.0. The van der Waals surface area contributed by atoms with Crippen LogP contribution in [0.25, 0.3) is 11.3 Å². The summed E-state index contributed by atoms with van der Waals surface area (Å²) in [7, 11) is 0. The van der Waals surface area contributed by atoms with E-state index in [1.807, 2.05) is 70.2 Å². The maximum atomic E-state index is 12.2. The zero-order chi connectivity index (χ0) is 20.1. The number of aryl methyl sites for hydroxylation is 2. The molecule has 2 aromatic carbocycles. The molecular weight excluding hydrogens is 358 g/mol. The van der Waals surface area contributed by atoms with Crippen LogP contribution in [-0.2, 0) is 4.79 Å². The lowest BCUT2D eigenvalue weighted by atomic mass is 10.1. The highest BCUT2D eigenvalue weighted by atomic mass is 16.6. The molecule has 7 nitrogen and oxygen atoms in total. The summed E-state index contributed by atoms with van der Waals surface area (Å²) in [6.07, 6.45) is 0.0896. The number of hydrogen-bond donors (Lipinski definition) is 1. The second kappa shape index (κ2) is 8.56. The molecular formula is C21H23N3O4. The van der Waals surface area contributed by atoms with Gasteiger partial charge in [0.25, 0.3) is 5.91 Å². The molecule has 0 aliphatic rings. The second-order valence-corrected chi connectivity index (χ2v) is 6.74. The number of nitrogens with one attached hydrogen (secondary N) is 1. The number of aromatic nitrogens is 2. The van der Waals surface area contributed by atoms with Gasteiger partial charge >= 0.3 is 0 Å². The Balaban J connectivity index is 1.63. The Bertz CT molecular complexity index is 949. The monoisotopic (exact) mass is 381 g/mol. The molecule has 0 aliphatic carbocycles. The normalized spacial score (nSPS) is 10.8. The first-order valence-electron chi connectivity index (χ1n) is 9.02. The first-order chi connectivity index (χ1) is 13.4. The van der Waals surface area contributed by atoms with E-state index >= 15 is 0 Å². The standard InChI is InChI=1S/C21H23N3O4/c1-13(2)27-17-9-6-16(7-10-17)20-21(24-28-23-20)22-19(25)12-26-18-8-5-14(3)15(4)11-18/h5-11,13H,12H2,1-4H3,(H,22,24,25). The van der Waals surface area contributed by atoms with Gasteiger partial charge in [-0.05, 0) is 85.5 Å². The minimum atomic E-state index is -0.352. The number of carbonyl (C=O) groups excluding carboxylic acids is 1. The molecule has 3 aromatic rings. The van der Waals surface area contributed by atoms with Gasteiger partial charge in [0.05, 0.1) is 6.10 Å². The molecule has 0 bridgehead atoms. The van der Waals surface area contributed by atoms with Crippen molar-refractivity contribution >= 4 is 11.7 Å². The van der Waals surface area contributed by atoms with Gasteiger partial charge in [-0.3, -0.25) is 4.79 Å². The topological polar surface area (TPSA) is 86.5 Å². The van der Waals surface area contributed by atoms with Crippen LogP contribution in [0.3, 0.4) is 0 Å². The van der Waals surface area contributed by atoms with E-state index in [0.717, 1.165) is 16.9 Å². The molecule has 146 valence electrons. The van der Waals surface area contributed by atoms with Crippen molar-refractivity contribution in [2.24, 2.45) is 0 Å². The molecule has 1 N–H and O–H groups in total. The molecule has 0 unspecified atom stereocenters. The smallest absolute Gasteiger partial charge is 0.263 e. The first-order valence-corrected chi connectivity index (χ1v) is 9.02. The van der Waals surface area contributed by atoms with Crippen LogP contribution in [0.1, 0.15) is 25.0 Å². The molecule has 0 spiro atoms. The third-order valence-corrected chi connectivity index (χ3v) is 4.09. The number of ether oxygens (including phenoxy) is 2. The van der Waals surface area contributed by atoms with Crippen LogP contribution in [0.4, 0.5) is 5.82 Å². The zero-order valence-electron chi connectivity index (χ0n) is 16.4. The van der Waals surface area contributed by atoms with E-state index in [0.29, 0.717) is 11.4 Å². The molecule has 3 rings (SSSR count). The average Bonchev–Trinajstić information content (AvgIpc) is 3.11. The maximum absolute atomic E-state index is 12.2. The van der Waals surface area contributed by atoms with Crippen LogP contribution >= 0.6 is 0 Å². The molecule has 1 heterocycles. The Labute approximate surface area is 163 Å². The van der Waals surface area contributed by atoms with Crippen molar-refractivity contribution in [2.45, 2.75) is 33.8 Å². The van der Waals surface area contributed by atoms with E-state index in [2.05, 4.69) is 15.6 Å². The fraction of sp³-hybridized carbons (Fsp3) is 0.286. The Morgan fingerprint density at radius 2 is 1.75 bits per heavy atom. The summed E-state index contributed by atoms with van der Waals surface area (Å²) in [6.45, 7) is 7.79. The lowest BCUT2D eigenvalue weighted by Gasteiger charge is -2.10. The zero-order valence-corrected chi connectivity index (χ0v) is 16.4.